The Kier molecular flexibility index (Phi) is 3.00. The summed E-state index contributed by atoms with van der Waals surface area (Å²) in [6, 6.07) is 1.52. The molecule has 1 aromatic heterocycles. The molecule has 1 aromatic rings. The van der Waals surface area contributed by atoms with E-state index in [1.165, 1.54) is 0 Å². The number of carbonyl (C=O) groups is 1. The third-order valence-electron chi connectivity index (χ3n) is 2.51. The number of aryl methyl sites for hydroxylation is 1. The van der Waals surface area contributed by atoms with Crippen molar-refractivity contribution in [1.82, 2.24) is 9.97 Å². The van der Waals surface area contributed by atoms with Gasteiger partial charge >= 0.3 is 5.97 Å². The van der Waals surface area contributed by atoms with E-state index in [0.717, 1.165) is 5.69 Å². The number of hydrogen-bond donors (Lipinski definition) is 2. The lowest BCUT2D eigenvalue weighted by atomic mass is 10.0. The molecule has 6 heteroatoms. The number of anilines is 1. The van der Waals surface area contributed by atoms with E-state index in [1.54, 1.807) is 12.3 Å². The van der Waals surface area contributed by atoms with Crippen LogP contribution in [0.5, 0.6) is 0 Å². The lowest BCUT2D eigenvalue weighted by Crippen LogP contribution is -2.33. The predicted octanol–water partition coefficient (Wildman–Crippen LogP) is 0.297. The second-order valence-corrected chi connectivity index (χ2v) is 3.75. The fraction of sp³-hybridized carbons (Fsp3) is 0.500. The lowest BCUT2D eigenvalue weighted by Gasteiger charge is -2.15. The van der Waals surface area contributed by atoms with Gasteiger partial charge in [0.05, 0.1) is 19.3 Å². The Morgan fingerprint density at radius 1 is 1.62 bits per heavy atom. The fourth-order valence-corrected chi connectivity index (χ4v) is 1.62. The highest BCUT2D eigenvalue weighted by atomic mass is 16.5. The largest absolute Gasteiger partial charge is 0.481 e. The molecule has 1 aliphatic rings. The molecule has 0 spiro atoms. The molecule has 2 rings (SSSR count). The van der Waals surface area contributed by atoms with Crippen LogP contribution in [-0.4, -0.2) is 40.3 Å². The molecular formula is C10H13N3O3. The van der Waals surface area contributed by atoms with Gasteiger partial charge in [-0.3, -0.25) is 4.79 Å². The van der Waals surface area contributed by atoms with Gasteiger partial charge in [0.1, 0.15) is 5.92 Å². The van der Waals surface area contributed by atoms with Crippen molar-refractivity contribution in [3.05, 3.63) is 18.0 Å². The van der Waals surface area contributed by atoms with Crippen LogP contribution in [0.4, 0.5) is 5.95 Å². The van der Waals surface area contributed by atoms with Gasteiger partial charge in [0.2, 0.25) is 5.95 Å². The van der Waals surface area contributed by atoms with E-state index >= 15 is 0 Å². The number of ether oxygens (including phenoxy) is 1. The summed E-state index contributed by atoms with van der Waals surface area (Å²) < 4.78 is 5.13. The summed E-state index contributed by atoms with van der Waals surface area (Å²) in [6.07, 6.45) is 1.64. The molecule has 1 saturated heterocycles. The SMILES string of the molecule is Cc1ccnc(NC2COCC2C(=O)O)n1. The summed E-state index contributed by atoms with van der Waals surface area (Å²) in [6.45, 7) is 2.46. The molecule has 16 heavy (non-hydrogen) atoms. The molecule has 0 aliphatic carbocycles. The Bertz CT molecular complexity index is 397. The molecule has 2 atom stereocenters. The first kappa shape index (κ1) is 10.8. The van der Waals surface area contributed by atoms with Gasteiger partial charge in [0, 0.05) is 11.9 Å². The fourth-order valence-electron chi connectivity index (χ4n) is 1.62. The summed E-state index contributed by atoms with van der Waals surface area (Å²) in [5.74, 6) is -0.950. The van der Waals surface area contributed by atoms with Crippen LogP contribution < -0.4 is 5.32 Å². The van der Waals surface area contributed by atoms with Gasteiger partial charge in [-0.1, -0.05) is 0 Å². The predicted molar refractivity (Wildman–Crippen MR) is 56.1 cm³/mol. The Morgan fingerprint density at radius 3 is 3.12 bits per heavy atom. The summed E-state index contributed by atoms with van der Waals surface area (Å²) in [7, 11) is 0. The number of nitrogens with zero attached hydrogens (tertiary/aromatic N) is 2. The Hall–Kier alpha value is -1.69. The van der Waals surface area contributed by atoms with Crippen LogP contribution in [-0.2, 0) is 9.53 Å². The molecule has 1 aliphatic heterocycles. The standard InChI is InChI=1S/C10H13N3O3/c1-6-2-3-11-10(12-6)13-8-5-16-4-7(8)9(14)15/h2-3,7-8H,4-5H2,1H3,(H,14,15)(H,11,12,13). The normalized spacial score (nSPS) is 24.3. The number of rotatable bonds is 3. The van der Waals surface area contributed by atoms with Crippen molar-refractivity contribution in [3.63, 3.8) is 0 Å². The highest BCUT2D eigenvalue weighted by molar-refractivity contribution is 5.72. The minimum atomic E-state index is -0.859. The number of aliphatic carboxylic acids is 1. The highest BCUT2D eigenvalue weighted by Crippen LogP contribution is 2.17. The average molecular weight is 223 g/mol. The molecule has 0 bridgehead atoms. The maximum atomic E-state index is 10.9. The van der Waals surface area contributed by atoms with Crippen LogP contribution in [0.3, 0.4) is 0 Å². The number of aromatic nitrogens is 2. The third kappa shape index (κ3) is 2.27. The minimum Gasteiger partial charge on any atom is -0.481 e. The number of hydrogen-bond acceptors (Lipinski definition) is 5. The van der Waals surface area contributed by atoms with Gasteiger partial charge in [0.25, 0.3) is 0 Å². The zero-order valence-corrected chi connectivity index (χ0v) is 8.88. The van der Waals surface area contributed by atoms with Crippen molar-refractivity contribution in [1.29, 1.82) is 0 Å². The minimum absolute atomic E-state index is 0.235. The molecule has 2 N–H and O–H groups in total. The molecule has 0 amide bonds. The molecule has 0 aromatic carbocycles. The first-order valence-electron chi connectivity index (χ1n) is 5.03. The van der Waals surface area contributed by atoms with Crippen molar-refractivity contribution in [3.8, 4) is 0 Å². The highest BCUT2D eigenvalue weighted by Gasteiger charge is 2.34. The Morgan fingerprint density at radius 2 is 2.44 bits per heavy atom. The van der Waals surface area contributed by atoms with E-state index in [0.29, 0.717) is 12.6 Å². The van der Waals surface area contributed by atoms with E-state index in [2.05, 4.69) is 15.3 Å². The van der Waals surface area contributed by atoms with Crippen LogP contribution in [0, 0.1) is 12.8 Å². The zero-order valence-electron chi connectivity index (χ0n) is 8.88. The average Bonchev–Trinajstić information content (AvgIpc) is 2.66. The molecule has 0 radical (unpaired) electrons. The van der Waals surface area contributed by atoms with Gasteiger partial charge in [-0.15, -0.1) is 0 Å². The molecule has 0 saturated carbocycles. The molecule has 2 heterocycles. The molecule has 86 valence electrons. The van der Waals surface area contributed by atoms with Gasteiger partial charge < -0.3 is 15.2 Å². The van der Waals surface area contributed by atoms with Gasteiger partial charge in [-0.25, -0.2) is 9.97 Å². The lowest BCUT2D eigenvalue weighted by molar-refractivity contribution is -0.141. The van der Waals surface area contributed by atoms with Gasteiger partial charge in [-0.05, 0) is 13.0 Å². The molecule has 2 unspecified atom stereocenters. The topological polar surface area (TPSA) is 84.3 Å². The summed E-state index contributed by atoms with van der Waals surface area (Å²) in [4.78, 5) is 19.1. The number of carboxylic acid groups (broad SMARTS) is 1. The third-order valence-corrected chi connectivity index (χ3v) is 2.51. The molecular weight excluding hydrogens is 210 g/mol. The van der Waals surface area contributed by atoms with Gasteiger partial charge in [0.15, 0.2) is 0 Å². The van der Waals surface area contributed by atoms with Crippen LogP contribution in [0.1, 0.15) is 5.69 Å². The second kappa shape index (κ2) is 4.44. The smallest absolute Gasteiger partial charge is 0.311 e. The quantitative estimate of drug-likeness (QED) is 0.766. The second-order valence-electron chi connectivity index (χ2n) is 3.75. The number of nitrogens with one attached hydrogen (secondary N) is 1. The first-order chi connectivity index (χ1) is 7.66. The molecule has 6 nitrogen and oxygen atoms in total. The van der Waals surface area contributed by atoms with Crippen molar-refractivity contribution in [2.75, 3.05) is 18.5 Å². The van der Waals surface area contributed by atoms with Crippen LogP contribution in [0.15, 0.2) is 12.3 Å². The van der Waals surface area contributed by atoms with Gasteiger partial charge in [-0.2, -0.15) is 0 Å². The van der Waals surface area contributed by atoms with E-state index in [4.69, 9.17) is 9.84 Å². The van der Waals surface area contributed by atoms with Crippen LogP contribution >= 0.6 is 0 Å². The van der Waals surface area contributed by atoms with Crippen molar-refractivity contribution < 1.29 is 14.6 Å². The maximum absolute atomic E-state index is 10.9. The zero-order chi connectivity index (χ0) is 11.5. The van der Waals surface area contributed by atoms with E-state index in [-0.39, 0.29) is 12.6 Å². The first-order valence-corrected chi connectivity index (χ1v) is 5.03. The van der Waals surface area contributed by atoms with E-state index < -0.39 is 11.9 Å². The summed E-state index contributed by atoms with van der Waals surface area (Å²) in [5, 5.41) is 11.9. The van der Waals surface area contributed by atoms with E-state index in [1.807, 2.05) is 6.92 Å². The van der Waals surface area contributed by atoms with Crippen LogP contribution in [0.25, 0.3) is 0 Å². The van der Waals surface area contributed by atoms with Crippen molar-refractivity contribution in [2.45, 2.75) is 13.0 Å². The number of carboxylic acids is 1. The maximum Gasteiger partial charge on any atom is 0.311 e. The van der Waals surface area contributed by atoms with Crippen LogP contribution in [0.2, 0.25) is 0 Å². The van der Waals surface area contributed by atoms with Crippen molar-refractivity contribution >= 4 is 11.9 Å². The Labute approximate surface area is 92.7 Å². The Balaban J connectivity index is 2.06. The van der Waals surface area contributed by atoms with Crippen molar-refractivity contribution in [2.24, 2.45) is 5.92 Å². The summed E-state index contributed by atoms with van der Waals surface area (Å²) >= 11 is 0. The molecule has 1 fully saturated rings. The monoisotopic (exact) mass is 223 g/mol. The van der Waals surface area contributed by atoms with E-state index in [9.17, 15) is 4.79 Å². The summed E-state index contributed by atoms with van der Waals surface area (Å²) in [5.41, 5.74) is 0.836.